The molecule has 3 aromatic rings. The lowest BCUT2D eigenvalue weighted by Gasteiger charge is -2.09. The fourth-order valence-electron chi connectivity index (χ4n) is 2.29. The second-order valence-corrected chi connectivity index (χ2v) is 4.81. The SMILES string of the molecule is Cc1cccc([N+](=O)[O-])c1Nc1ccc2c(C=O)c[nH]c2n1. The van der Waals surface area contributed by atoms with Gasteiger partial charge in [0.05, 0.1) is 4.92 Å². The Balaban J connectivity index is 2.03. The first-order valence-corrected chi connectivity index (χ1v) is 6.54. The normalized spacial score (nSPS) is 10.6. The average molecular weight is 296 g/mol. The molecule has 0 fully saturated rings. The van der Waals surface area contributed by atoms with Crippen LogP contribution in [0.15, 0.2) is 36.5 Å². The molecule has 0 unspecified atom stereocenters. The van der Waals surface area contributed by atoms with Crippen LogP contribution in [0.1, 0.15) is 15.9 Å². The van der Waals surface area contributed by atoms with Crippen molar-refractivity contribution in [3.63, 3.8) is 0 Å². The summed E-state index contributed by atoms with van der Waals surface area (Å²) in [6, 6.07) is 8.28. The van der Waals surface area contributed by atoms with E-state index in [9.17, 15) is 14.9 Å². The largest absolute Gasteiger partial charge is 0.345 e. The van der Waals surface area contributed by atoms with Gasteiger partial charge in [-0.3, -0.25) is 14.9 Å². The molecule has 2 heterocycles. The number of nitro groups is 1. The molecular weight excluding hydrogens is 284 g/mol. The Morgan fingerprint density at radius 3 is 2.86 bits per heavy atom. The number of para-hydroxylation sites is 1. The summed E-state index contributed by atoms with van der Waals surface area (Å²) < 4.78 is 0. The van der Waals surface area contributed by atoms with Crippen LogP contribution < -0.4 is 5.32 Å². The maximum absolute atomic E-state index is 11.1. The van der Waals surface area contributed by atoms with Gasteiger partial charge in [0.2, 0.25) is 0 Å². The highest BCUT2D eigenvalue weighted by molar-refractivity contribution is 5.96. The number of rotatable bonds is 4. The lowest BCUT2D eigenvalue weighted by Crippen LogP contribution is -2.00. The number of nitrogens with zero attached hydrogens (tertiary/aromatic N) is 2. The average Bonchev–Trinajstić information content (AvgIpc) is 2.91. The molecule has 110 valence electrons. The molecule has 7 heteroatoms. The maximum atomic E-state index is 11.1. The first-order valence-electron chi connectivity index (χ1n) is 6.54. The molecule has 0 aliphatic carbocycles. The zero-order chi connectivity index (χ0) is 15.7. The van der Waals surface area contributed by atoms with E-state index in [4.69, 9.17) is 0 Å². The number of carbonyl (C=O) groups excluding carboxylic acids is 1. The molecule has 7 nitrogen and oxygen atoms in total. The Kier molecular flexibility index (Phi) is 3.30. The quantitative estimate of drug-likeness (QED) is 0.437. The predicted molar refractivity (Wildman–Crippen MR) is 82.6 cm³/mol. The van der Waals surface area contributed by atoms with Crippen molar-refractivity contribution in [2.75, 3.05) is 5.32 Å². The molecule has 2 aromatic heterocycles. The molecule has 3 rings (SSSR count). The second-order valence-electron chi connectivity index (χ2n) is 4.81. The van der Waals surface area contributed by atoms with Crippen LogP contribution in [0, 0.1) is 17.0 Å². The molecule has 22 heavy (non-hydrogen) atoms. The van der Waals surface area contributed by atoms with Crippen molar-refractivity contribution in [2.24, 2.45) is 0 Å². The third-order valence-electron chi connectivity index (χ3n) is 3.40. The molecule has 2 N–H and O–H groups in total. The van der Waals surface area contributed by atoms with Gasteiger partial charge in [0.15, 0.2) is 6.29 Å². The van der Waals surface area contributed by atoms with E-state index < -0.39 is 4.92 Å². The van der Waals surface area contributed by atoms with Crippen molar-refractivity contribution in [3.8, 4) is 0 Å². The van der Waals surface area contributed by atoms with Gasteiger partial charge in [-0.1, -0.05) is 12.1 Å². The van der Waals surface area contributed by atoms with Gasteiger partial charge in [0, 0.05) is 23.2 Å². The summed E-state index contributed by atoms with van der Waals surface area (Å²) in [4.78, 5) is 28.8. The monoisotopic (exact) mass is 296 g/mol. The van der Waals surface area contributed by atoms with Crippen molar-refractivity contribution in [2.45, 2.75) is 6.92 Å². The van der Waals surface area contributed by atoms with Crippen molar-refractivity contribution in [3.05, 3.63) is 57.8 Å². The Morgan fingerprint density at radius 1 is 1.32 bits per heavy atom. The van der Waals surface area contributed by atoms with Crippen LogP contribution in [-0.4, -0.2) is 21.2 Å². The first-order chi connectivity index (χ1) is 10.6. The number of aromatic amines is 1. The molecule has 0 bridgehead atoms. The summed E-state index contributed by atoms with van der Waals surface area (Å²) in [6.07, 6.45) is 2.32. The van der Waals surface area contributed by atoms with Crippen LogP contribution in [0.5, 0.6) is 0 Å². The number of aromatic nitrogens is 2. The van der Waals surface area contributed by atoms with Crippen LogP contribution in [0.2, 0.25) is 0 Å². The number of pyridine rings is 1. The maximum Gasteiger partial charge on any atom is 0.292 e. The molecule has 0 saturated carbocycles. The zero-order valence-electron chi connectivity index (χ0n) is 11.7. The Labute approximate surface area is 125 Å². The molecule has 0 radical (unpaired) electrons. The summed E-state index contributed by atoms with van der Waals surface area (Å²) in [5.74, 6) is 0.462. The van der Waals surface area contributed by atoms with E-state index in [-0.39, 0.29) is 5.69 Å². The van der Waals surface area contributed by atoms with Crippen molar-refractivity contribution >= 4 is 34.5 Å². The standard InChI is InChI=1S/C15H12N4O3/c1-9-3-2-4-12(19(21)22)14(9)17-13-6-5-11-10(8-20)7-16-15(11)18-13/h2-8H,1H3,(H2,16,17,18). The molecular formula is C15H12N4O3. The number of aldehydes is 1. The van der Waals surface area contributed by atoms with Crippen molar-refractivity contribution < 1.29 is 9.72 Å². The van der Waals surface area contributed by atoms with Crippen LogP contribution in [0.4, 0.5) is 17.2 Å². The fraction of sp³-hybridized carbons (Fsp3) is 0.0667. The number of benzene rings is 1. The predicted octanol–water partition coefficient (Wildman–Crippen LogP) is 3.34. The van der Waals surface area contributed by atoms with E-state index in [1.165, 1.54) is 6.07 Å². The van der Waals surface area contributed by atoms with Crippen LogP contribution in [0.25, 0.3) is 11.0 Å². The zero-order valence-corrected chi connectivity index (χ0v) is 11.7. The molecule has 0 aliphatic rings. The van der Waals surface area contributed by atoms with Gasteiger partial charge in [0.25, 0.3) is 5.69 Å². The van der Waals surface area contributed by atoms with E-state index in [0.29, 0.717) is 28.1 Å². The van der Waals surface area contributed by atoms with Gasteiger partial charge in [-0.05, 0) is 24.6 Å². The van der Waals surface area contributed by atoms with E-state index in [1.807, 2.05) is 0 Å². The minimum Gasteiger partial charge on any atom is -0.345 e. The van der Waals surface area contributed by atoms with E-state index in [1.54, 1.807) is 37.4 Å². The first kappa shape index (κ1) is 13.7. The summed E-state index contributed by atoms with van der Waals surface area (Å²) in [6.45, 7) is 1.78. The molecule has 0 saturated heterocycles. The van der Waals surface area contributed by atoms with Gasteiger partial charge in [0.1, 0.15) is 17.2 Å². The minimum absolute atomic E-state index is 0.0121. The van der Waals surface area contributed by atoms with Gasteiger partial charge in [-0.25, -0.2) is 4.98 Å². The Bertz CT molecular complexity index is 886. The minimum atomic E-state index is -0.437. The number of carbonyl (C=O) groups is 1. The van der Waals surface area contributed by atoms with Crippen LogP contribution in [-0.2, 0) is 0 Å². The van der Waals surface area contributed by atoms with E-state index >= 15 is 0 Å². The highest BCUT2D eigenvalue weighted by Gasteiger charge is 2.16. The highest BCUT2D eigenvalue weighted by atomic mass is 16.6. The van der Waals surface area contributed by atoms with Crippen LogP contribution in [0.3, 0.4) is 0 Å². The third-order valence-corrected chi connectivity index (χ3v) is 3.40. The number of nitrogens with one attached hydrogen (secondary N) is 2. The van der Waals surface area contributed by atoms with Gasteiger partial charge < -0.3 is 10.3 Å². The second kappa shape index (κ2) is 5.28. The number of H-pyrrole nitrogens is 1. The molecule has 0 amide bonds. The number of fused-ring (bicyclic) bond motifs is 1. The Morgan fingerprint density at radius 2 is 2.14 bits per heavy atom. The highest BCUT2D eigenvalue weighted by Crippen LogP contribution is 2.30. The van der Waals surface area contributed by atoms with Crippen molar-refractivity contribution in [1.82, 2.24) is 9.97 Å². The number of hydrogen-bond donors (Lipinski definition) is 2. The molecule has 0 aliphatic heterocycles. The summed E-state index contributed by atoms with van der Waals surface area (Å²) in [5.41, 5.74) is 2.21. The number of nitro benzene ring substituents is 1. The van der Waals surface area contributed by atoms with Gasteiger partial charge >= 0.3 is 0 Å². The fourth-order valence-corrected chi connectivity index (χ4v) is 2.29. The van der Waals surface area contributed by atoms with E-state index in [2.05, 4.69) is 15.3 Å². The number of aryl methyl sites for hydroxylation is 1. The smallest absolute Gasteiger partial charge is 0.292 e. The summed E-state index contributed by atoms with van der Waals surface area (Å²) >= 11 is 0. The van der Waals surface area contributed by atoms with Crippen molar-refractivity contribution in [1.29, 1.82) is 0 Å². The third kappa shape index (κ3) is 2.28. The topological polar surface area (TPSA) is 101 Å². The Hall–Kier alpha value is -3.22. The molecule has 0 atom stereocenters. The van der Waals surface area contributed by atoms with Gasteiger partial charge in [-0.2, -0.15) is 0 Å². The van der Waals surface area contributed by atoms with E-state index in [0.717, 1.165) is 11.8 Å². The molecule has 0 spiro atoms. The molecule has 1 aromatic carbocycles. The van der Waals surface area contributed by atoms with Gasteiger partial charge in [-0.15, -0.1) is 0 Å². The summed E-state index contributed by atoms with van der Waals surface area (Å²) in [5, 5.41) is 14.8. The number of anilines is 2. The number of hydrogen-bond acceptors (Lipinski definition) is 5. The lowest BCUT2D eigenvalue weighted by atomic mass is 10.1. The lowest BCUT2D eigenvalue weighted by molar-refractivity contribution is -0.384. The summed E-state index contributed by atoms with van der Waals surface area (Å²) in [7, 11) is 0. The van der Waals surface area contributed by atoms with Crippen LogP contribution >= 0.6 is 0 Å².